The van der Waals surface area contributed by atoms with Crippen LogP contribution in [0.15, 0.2) is 231 Å². The second-order valence-corrected chi connectivity index (χ2v) is 16.8. The topological polar surface area (TPSA) is 8.17 Å². The third-order valence-electron chi connectivity index (χ3n) is 12.2. The van der Waals surface area contributed by atoms with Crippen LogP contribution in [0.2, 0.25) is 0 Å². The lowest BCUT2D eigenvalue weighted by atomic mass is 10.0. The zero-order valence-corrected chi connectivity index (χ0v) is 34.1. The molecule has 0 fully saturated rings. The van der Waals surface area contributed by atoms with Crippen LogP contribution in [0.4, 0.5) is 17.1 Å². The summed E-state index contributed by atoms with van der Waals surface area (Å²) in [5.41, 5.74) is 14.2. The molecule has 0 aliphatic carbocycles. The zero-order chi connectivity index (χ0) is 40.3. The molecule has 2 heterocycles. The standard InChI is InChI=1S/C58H38N2S/c1-2-11-39(12-3-1)41-21-29-46(30-22-41)59(48-33-26-43(27-34-48)50-17-10-18-53-52-16-7-9-20-57(52)61-58(50)53)47-31-23-42(24-32-47)45-28-36-56-54(38-45)51-15-6-8-19-55(51)60(56)49-35-25-40-13-4-5-14-44(40)37-49/h1-38H. The van der Waals surface area contributed by atoms with Crippen molar-refractivity contribution in [2.45, 2.75) is 0 Å². The molecule has 3 heteroatoms. The number of hydrogen-bond acceptors (Lipinski definition) is 2. The van der Waals surface area contributed by atoms with E-state index >= 15 is 0 Å². The van der Waals surface area contributed by atoms with Gasteiger partial charge in [-0.2, -0.15) is 0 Å². The van der Waals surface area contributed by atoms with Crippen molar-refractivity contribution in [1.29, 1.82) is 0 Å². The van der Waals surface area contributed by atoms with Gasteiger partial charge >= 0.3 is 0 Å². The molecule has 0 aliphatic rings. The molecule has 2 nitrogen and oxygen atoms in total. The lowest BCUT2D eigenvalue weighted by molar-refractivity contribution is 1.19. The van der Waals surface area contributed by atoms with Gasteiger partial charge in [0.25, 0.3) is 0 Å². The van der Waals surface area contributed by atoms with Gasteiger partial charge in [-0.1, -0.05) is 158 Å². The van der Waals surface area contributed by atoms with Crippen LogP contribution in [-0.2, 0) is 0 Å². The van der Waals surface area contributed by atoms with Crippen molar-refractivity contribution in [3.63, 3.8) is 0 Å². The first-order valence-corrected chi connectivity index (χ1v) is 21.6. The normalized spacial score (nSPS) is 11.6. The van der Waals surface area contributed by atoms with Gasteiger partial charge in [0.15, 0.2) is 0 Å². The fourth-order valence-corrected chi connectivity index (χ4v) is 10.4. The number of thiophene rings is 1. The van der Waals surface area contributed by atoms with Crippen molar-refractivity contribution in [1.82, 2.24) is 4.57 Å². The summed E-state index contributed by atoms with van der Waals surface area (Å²) in [6.45, 7) is 0. The molecule has 10 aromatic carbocycles. The van der Waals surface area contributed by atoms with Gasteiger partial charge in [0, 0.05) is 53.7 Å². The molecule has 286 valence electrons. The Balaban J connectivity index is 0.927. The first-order valence-electron chi connectivity index (χ1n) is 20.8. The number of para-hydroxylation sites is 1. The second kappa shape index (κ2) is 14.5. The lowest BCUT2D eigenvalue weighted by Gasteiger charge is -2.26. The average molecular weight is 795 g/mol. The maximum atomic E-state index is 2.40. The molecular formula is C58H38N2S. The Bertz CT molecular complexity index is 3560. The summed E-state index contributed by atoms with van der Waals surface area (Å²) in [4.78, 5) is 2.36. The van der Waals surface area contributed by atoms with E-state index in [1.807, 2.05) is 11.3 Å². The summed E-state index contributed by atoms with van der Waals surface area (Å²) in [5, 5.41) is 7.63. The minimum absolute atomic E-state index is 1.10. The Morgan fingerprint density at radius 3 is 1.64 bits per heavy atom. The Morgan fingerprint density at radius 2 is 0.885 bits per heavy atom. The van der Waals surface area contributed by atoms with E-state index in [4.69, 9.17) is 0 Å². The molecule has 0 spiro atoms. The van der Waals surface area contributed by atoms with Crippen LogP contribution in [0.3, 0.4) is 0 Å². The highest BCUT2D eigenvalue weighted by atomic mass is 32.1. The second-order valence-electron chi connectivity index (χ2n) is 15.7. The van der Waals surface area contributed by atoms with E-state index in [9.17, 15) is 0 Å². The lowest BCUT2D eigenvalue weighted by Crippen LogP contribution is -2.09. The van der Waals surface area contributed by atoms with Crippen molar-refractivity contribution in [2.24, 2.45) is 0 Å². The van der Waals surface area contributed by atoms with Crippen molar-refractivity contribution < 1.29 is 0 Å². The summed E-state index contributed by atoms with van der Waals surface area (Å²) in [6.07, 6.45) is 0. The van der Waals surface area contributed by atoms with Gasteiger partial charge in [-0.3, -0.25) is 0 Å². The van der Waals surface area contributed by atoms with Gasteiger partial charge in [0.05, 0.1) is 11.0 Å². The van der Waals surface area contributed by atoms with Crippen molar-refractivity contribution >= 4 is 81.1 Å². The maximum Gasteiger partial charge on any atom is 0.0541 e. The SMILES string of the molecule is c1ccc(-c2ccc(N(c3ccc(-c4ccc5c(c4)c4ccccc4n5-c4ccc5ccccc5c4)cc3)c3ccc(-c4cccc5c4sc4ccccc45)cc3)cc2)cc1. The van der Waals surface area contributed by atoms with E-state index in [0.717, 1.165) is 17.1 Å². The number of aromatic nitrogens is 1. The third kappa shape index (κ3) is 6.09. The minimum Gasteiger partial charge on any atom is -0.311 e. The number of fused-ring (bicyclic) bond motifs is 7. The van der Waals surface area contributed by atoms with E-state index in [0.29, 0.717) is 0 Å². The quantitative estimate of drug-likeness (QED) is 0.156. The first-order chi connectivity index (χ1) is 30.2. The Labute approximate surface area is 358 Å². The van der Waals surface area contributed by atoms with Crippen molar-refractivity contribution in [2.75, 3.05) is 4.90 Å². The number of rotatable bonds is 7. The van der Waals surface area contributed by atoms with Crippen molar-refractivity contribution in [3.8, 4) is 39.1 Å². The summed E-state index contributed by atoms with van der Waals surface area (Å²) in [6, 6.07) is 84.1. The van der Waals surface area contributed by atoms with Gasteiger partial charge < -0.3 is 9.47 Å². The fraction of sp³-hybridized carbons (Fsp3) is 0. The van der Waals surface area contributed by atoms with Gasteiger partial charge in [-0.15, -0.1) is 11.3 Å². The summed E-state index contributed by atoms with van der Waals surface area (Å²) in [5.74, 6) is 0. The molecule has 0 bridgehead atoms. The van der Waals surface area contributed by atoms with Gasteiger partial charge in [-0.25, -0.2) is 0 Å². The number of benzene rings is 10. The predicted octanol–water partition coefficient (Wildman–Crippen LogP) is 16.8. The van der Waals surface area contributed by atoms with Crippen LogP contribution in [-0.4, -0.2) is 4.57 Å². The molecule has 0 aliphatic heterocycles. The van der Waals surface area contributed by atoms with Crippen LogP contribution >= 0.6 is 11.3 Å². The van der Waals surface area contributed by atoms with Gasteiger partial charge in [0.1, 0.15) is 0 Å². The minimum atomic E-state index is 1.10. The molecule has 12 aromatic rings. The third-order valence-corrected chi connectivity index (χ3v) is 13.4. The highest BCUT2D eigenvalue weighted by Crippen LogP contribution is 2.42. The Hall–Kier alpha value is -7.72. The molecule has 12 rings (SSSR count). The number of anilines is 3. The molecule has 0 unspecified atom stereocenters. The largest absolute Gasteiger partial charge is 0.311 e. The summed E-state index contributed by atoms with van der Waals surface area (Å²) in [7, 11) is 0. The predicted molar refractivity (Wildman–Crippen MR) is 262 cm³/mol. The molecule has 0 amide bonds. The number of nitrogens with zero attached hydrogens (tertiary/aromatic N) is 2. The zero-order valence-electron chi connectivity index (χ0n) is 33.2. The van der Waals surface area contributed by atoms with Crippen LogP contribution in [0.5, 0.6) is 0 Å². The van der Waals surface area contributed by atoms with Gasteiger partial charge in [0.2, 0.25) is 0 Å². The molecule has 0 radical (unpaired) electrons. The van der Waals surface area contributed by atoms with Gasteiger partial charge in [-0.05, 0) is 117 Å². The molecule has 0 saturated carbocycles. The number of hydrogen-bond donors (Lipinski definition) is 0. The monoisotopic (exact) mass is 794 g/mol. The molecule has 61 heavy (non-hydrogen) atoms. The van der Waals surface area contributed by atoms with Crippen LogP contribution in [0.1, 0.15) is 0 Å². The highest BCUT2D eigenvalue weighted by molar-refractivity contribution is 7.26. The van der Waals surface area contributed by atoms with Crippen LogP contribution in [0, 0.1) is 0 Å². The summed E-state index contributed by atoms with van der Waals surface area (Å²) < 4.78 is 5.05. The molecule has 0 saturated heterocycles. The maximum absolute atomic E-state index is 2.40. The van der Waals surface area contributed by atoms with E-state index < -0.39 is 0 Å². The van der Waals surface area contributed by atoms with E-state index in [-0.39, 0.29) is 0 Å². The van der Waals surface area contributed by atoms with E-state index in [1.54, 1.807) is 0 Å². The van der Waals surface area contributed by atoms with Crippen LogP contribution < -0.4 is 4.90 Å². The Morgan fingerprint density at radius 1 is 0.328 bits per heavy atom. The fourth-order valence-electron chi connectivity index (χ4n) is 9.19. The van der Waals surface area contributed by atoms with Crippen LogP contribution in [0.25, 0.3) is 91.8 Å². The molecule has 2 aromatic heterocycles. The highest BCUT2D eigenvalue weighted by Gasteiger charge is 2.17. The van der Waals surface area contributed by atoms with Crippen molar-refractivity contribution in [3.05, 3.63) is 231 Å². The van der Waals surface area contributed by atoms with E-state index in [1.165, 1.54) is 91.8 Å². The molecule has 0 atom stereocenters. The Kier molecular flexibility index (Phi) is 8.39. The first kappa shape index (κ1) is 35.2. The summed E-state index contributed by atoms with van der Waals surface area (Å²) >= 11 is 1.88. The molecule has 0 N–H and O–H groups in total. The van der Waals surface area contributed by atoms with E-state index in [2.05, 4.69) is 240 Å². The molecular weight excluding hydrogens is 757 g/mol. The smallest absolute Gasteiger partial charge is 0.0541 e. The average Bonchev–Trinajstić information content (AvgIpc) is 3.88.